The fraction of sp³-hybridized carbons (Fsp3) is 0.263. The molecule has 0 aliphatic heterocycles. The van der Waals surface area contributed by atoms with Crippen molar-refractivity contribution >= 4 is 46.4 Å². The van der Waals surface area contributed by atoms with Gasteiger partial charge in [-0.15, -0.1) is 0 Å². The van der Waals surface area contributed by atoms with Crippen LogP contribution in [-0.4, -0.2) is 38.6 Å². The molecule has 27 heavy (non-hydrogen) atoms. The first kappa shape index (κ1) is 21.0. The van der Waals surface area contributed by atoms with Gasteiger partial charge < -0.3 is 20.3 Å². The van der Waals surface area contributed by atoms with Crippen LogP contribution in [0.15, 0.2) is 42.5 Å². The monoisotopic (exact) mass is 410 g/mol. The van der Waals surface area contributed by atoms with Crippen molar-refractivity contribution in [3.63, 3.8) is 0 Å². The van der Waals surface area contributed by atoms with Crippen LogP contribution in [0.4, 0.5) is 11.4 Å². The summed E-state index contributed by atoms with van der Waals surface area (Å²) in [5.74, 6) is 0.267. The number of para-hydroxylation sites is 1. The lowest BCUT2D eigenvalue weighted by molar-refractivity contribution is -0.881. The van der Waals surface area contributed by atoms with E-state index in [1.165, 1.54) is 0 Å². The number of carbonyl (C=O) groups excluding carboxylic acids is 2. The molecule has 0 aliphatic rings. The number of amides is 2. The Kier molecular flexibility index (Phi) is 7.91. The van der Waals surface area contributed by atoms with Gasteiger partial charge in [0, 0.05) is 5.69 Å². The highest BCUT2D eigenvalue weighted by molar-refractivity contribution is 6.39. The molecule has 0 heterocycles. The van der Waals surface area contributed by atoms with E-state index in [1.807, 2.05) is 6.92 Å². The van der Waals surface area contributed by atoms with Crippen molar-refractivity contribution in [3.8, 4) is 5.75 Å². The number of quaternary nitrogens is 1. The van der Waals surface area contributed by atoms with E-state index in [0.29, 0.717) is 33.7 Å². The highest BCUT2D eigenvalue weighted by Gasteiger charge is 2.18. The maximum absolute atomic E-state index is 12.3. The number of rotatable bonds is 8. The van der Waals surface area contributed by atoms with Crippen molar-refractivity contribution in [3.05, 3.63) is 52.5 Å². The predicted octanol–water partition coefficient (Wildman–Crippen LogP) is 2.48. The van der Waals surface area contributed by atoms with Gasteiger partial charge in [0.25, 0.3) is 11.8 Å². The summed E-state index contributed by atoms with van der Waals surface area (Å²) in [7, 11) is 1.58. The smallest absolute Gasteiger partial charge is 0.279 e. The Labute approximate surface area is 168 Å². The summed E-state index contributed by atoms with van der Waals surface area (Å²) < 4.78 is 5.09. The van der Waals surface area contributed by atoms with Crippen LogP contribution < -0.4 is 20.3 Å². The fourth-order valence-corrected chi connectivity index (χ4v) is 2.94. The SMILES string of the molecule is CC[NH+](CC(=O)Nc1ccc(OC)cc1)CC(=O)Nc1c(Cl)cccc1Cl. The summed E-state index contributed by atoms with van der Waals surface area (Å²) in [6.07, 6.45) is 0. The van der Waals surface area contributed by atoms with E-state index in [4.69, 9.17) is 27.9 Å². The van der Waals surface area contributed by atoms with Crippen molar-refractivity contribution in [2.45, 2.75) is 6.92 Å². The Balaban J connectivity index is 1.90. The number of likely N-dealkylation sites (N-methyl/N-ethyl adjacent to an activating group) is 1. The van der Waals surface area contributed by atoms with Crippen molar-refractivity contribution in [1.82, 2.24) is 0 Å². The second kappa shape index (κ2) is 10.2. The summed E-state index contributed by atoms with van der Waals surface area (Å²) >= 11 is 12.1. The molecule has 6 nitrogen and oxygen atoms in total. The molecule has 0 fully saturated rings. The summed E-state index contributed by atoms with van der Waals surface area (Å²) in [6.45, 7) is 2.80. The minimum Gasteiger partial charge on any atom is -0.497 e. The third kappa shape index (κ3) is 6.43. The number of carbonyl (C=O) groups is 2. The molecule has 1 unspecified atom stereocenters. The largest absolute Gasteiger partial charge is 0.497 e. The van der Waals surface area contributed by atoms with E-state index in [9.17, 15) is 9.59 Å². The highest BCUT2D eigenvalue weighted by atomic mass is 35.5. The third-order valence-corrected chi connectivity index (χ3v) is 4.55. The Morgan fingerprint density at radius 1 is 0.963 bits per heavy atom. The van der Waals surface area contributed by atoms with E-state index in [-0.39, 0.29) is 24.9 Å². The van der Waals surface area contributed by atoms with Crippen LogP contribution in [0.3, 0.4) is 0 Å². The molecule has 0 radical (unpaired) electrons. The normalized spacial score (nSPS) is 11.6. The van der Waals surface area contributed by atoms with Crippen LogP contribution in [0, 0.1) is 0 Å². The van der Waals surface area contributed by atoms with Crippen LogP contribution in [0.5, 0.6) is 5.75 Å². The maximum Gasteiger partial charge on any atom is 0.279 e. The Hall–Kier alpha value is -2.28. The van der Waals surface area contributed by atoms with Crippen LogP contribution in [0.25, 0.3) is 0 Å². The molecule has 0 bridgehead atoms. The van der Waals surface area contributed by atoms with E-state index >= 15 is 0 Å². The maximum atomic E-state index is 12.3. The number of hydrogen-bond acceptors (Lipinski definition) is 3. The topological polar surface area (TPSA) is 71.9 Å². The lowest BCUT2D eigenvalue weighted by atomic mass is 10.3. The number of benzene rings is 2. The molecule has 2 aromatic carbocycles. The molecule has 0 saturated heterocycles. The Morgan fingerprint density at radius 2 is 1.52 bits per heavy atom. The van der Waals surface area contributed by atoms with Gasteiger partial charge in [-0.1, -0.05) is 29.3 Å². The molecule has 2 amide bonds. The molecule has 0 saturated carbocycles. The van der Waals surface area contributed by atoms with Gasteiger partial charge in [0.2, 0.25) is 0 Å². The second-order valence-corrected chi connectivity index (χ2v) is 6.69. The number of nitrogens with one attached hydrogen (secondary N) is 3. The summed E-state index contributed by atoms with van der Waals surface area (Å²) in [6, 6.07) is 12.0. The van der Waals surface area contributed by atoms with E-state index < -0.39 is 0 Å². The lowest BCUT2D eigenvalue weighted by Gasteiger charge is -2.17. The van der Waals surface area contributed by atoms with Crippen molar-refractivity contribution in [2.75, 3.05) is 37.4 Å². The standard InChI is InChI=1S/C19H21Cl2N3O3/c1-3-24(11-17(25)22-13-7-9-14(27-2)10-8-13)12-18(26)23-19-15(20)5-4-6-16(19)21/h4-10H,3,11-12H2,1-2H3,(H,22,25)(H,23,26)/p+1. The van der Waals surface area contributed by atoms with Gasteiger partial charge in [-0.2, -0.15) is 0 Å². The summed E-state index contributed by atoms with van der Waals surface area (Å²) in [4.78, 5) is 25.4. The van der Waals surface area contributed by atoms with E-state index in [1.54, 1.807) is 49.6 Å². The molecule has 2 rings (SSSR count). The van der Waals surface area contributed by atoms with Gasteiger partial charge in [0.05, 0.1) is 29.4 Å². The minimum atomic E-state index is -0.265. The van der Waals surface area contributed by atoms with Gasteiger partial charge in [-0.05, 0) is 43.3 Å². The summed E-state index contributed by atoms with van der Waals surface area (Å²) in [5, 5.41) is 6.25. The molecule has 0 aromatic heterocycles. The quantitative estimate of drug-likeness (QED) is 0.625. The number of anilines is 2. The number of halogens is 2. The molecule has 1 atom stereocenters. The molecule has 0 aliphatic carbocycles. The number of hydrogen-bond donors (Lipinski definition) is 3. The lowest BCUT2D eigenvalue weighted by Crippen LogP contribution is -3.13. The zero-order valence-electron chi connectivity index (χ0n) is 15.1. The molecule has 3 N–H and O–H groups in total. The summed E-state index contributed by atoms with van der Waals surface area (Å²) in [5.41, 5.74) is 1.05. The first-order valence-electron chi connectivity index (χ1n) is 8.44. The van der Waals surface area contributed by atoms with Crippen LogP contribution >= 0.6 is 23.2 Å². The molecular formula is C19H22Cl2N3O3+. The fourth-order valence-electron chi connectivity index (χ4n) is 2.45. The van der Waals surface area contributed by atoms with Crippen molar-refractivity contribution in [2.24, 2.45) is 0 Å². The average Bonchev–Trinajstić information content (AvgIpc) is 2.65. The second-order valence-electron chi connectivity index (χ2n) is 5.88. The van der Waals surface area contributed by atoms with Gasteiger partial charge in [0.15, 0.2) is 13.1 Å². The molecular weight excluding hydrogens is 389 g/mol. The van der Waals surface area contributed by atoms with E-state index in [2.05, 4.69) is 10.6 Å². The molecule has 8 heteroatoms. The third-order valence-electron chi connectivity index (χ3n) is 3.92. The molecule has 2 aromatic rings. The van der Waals surface area contributed by atoms with Gasteiger partial charge in [-0.3, -0.25) is 9.59 Å². The van der Waals surface area contributed by atoms with Gasteiger partial charge in [-0.25, -0.2) is 0 Å². The highest BCUT2D eigenvalue weighted by Crippen LogP contribution is 2.29. The van der Waals surface area contributed by atoms with Gasteiger partial charge in [0.1, 0.15) is 5.75 Å². The average molecular weight is 411 g/mol. The van der Waals surface area contributed by atoms with E-state index in [0.717, 1.165) is 4.90 Å². The molecule has 0 spiro atoms. The van der Waals surface area contributed by atoms with Crippen LogP contribution in [0.1, 0.15) is 6.92 Å². The zero-order chi connectivity index (χ0) is 19.8. The van der Waals surface area contributed by atoms with Crippen molar-refractivity contribution in [1.29, 1.82) is 0 Å². The first-order chi connectivity index (χ1) is 12.9. The number of ether oxygens (including phenoxy) is 1. The van der Waals surface area contributed by atoms with Gasteiger partial charge >= 0.3 is 0 Å². The van der Waals surface area contributed by atoms with Crippen LogP contribution in [-0.2, 0) is 9.59 Å². The zero-order valence-corrected chi connectivity index (χ0v) is 16.7. The van der Waals surface area contributed by atoms with Crippen LogP contribution in [0.2, 0.25) is 10.0 Å². The number of methoxy groups -OCH3 is 1. The first-order valence-corrected chi connectivity index (χ1v) is 9.19. The Bertz CT molecular complexity index is 777. The predicted molar refractivity (Wildman–Crippen MR) is 108 cm³/mol. The Morgan fingerprint density at radius 3 is 2.04 bits per heavy atom. The minimum absolute atomic E-state index is 0.119. The van der Waals surface area contributed by atoms with Crippen molar-refractivity contribution < 1.29 is 19.2 Å². The molecule has 144 valence electrons.